The summed E-state index contributed by atoms with van der Waals surface area (Å²) in [4.78, 5) is 0.183. The van der Waals surface area contributed by atoms with E-state index in [9.17, 15) is 4.39 Å². The van der Waals surface area contributed by atoms with Gasteiger partial charge in [0.2, 0.25) is 0 Å². The predicted molar refractivity (Wildman–Crippen MR) is 109 cm³/mol. The Kier molecular flexibility index (Phi) is 5.24. The molecule has 2 nitrogen and oxygen atoms in total. The first-order valence-corrected chi connectivity index (χ1v) is 10.3. The molecule has 1 aliphatic heterocycles. The van der Waals surface area contributed by atoms with Crippen molar-refractivity contribution in [3.05, 3.63) is 81.9 Å². The highest BCUT2D eigenvalue weighted by molar-refractivity contribution is 6.36. The van der Waals surface area contributed by atoms with Crippen molar-refractivity contribution in [3.63, 3.8) is 0 Å². The van der Waals surface area contributed by atoms with Gasteiger partial charge in [-0.2, -0.15) is 0 Å². The van der Waals surface area contributed by atoms with E-state index in [1.54, 1.807) is 29.3 Å². The number of hydrogen-bond donors (Lipinski definition) is 0. The first kappa shape index (κ1) is 19.2. The van der Waals surface area contributed by atoms with Crippen molar-refractivity contribution in [2.24, 2.45) is 0 Å². The minimum absolute atomic E-state index is 0.219. The van der Waals surface area contributed by atoms with Crippen molar-refractivity contribution < 1.29 is 4.39 Å². The van der Waals surface area contributed by atoms with Crippen LogP contribution in [0.3, 0.4) is 0 Å². The minimum Gasteiger partial charge on any atom is -0.314 e. The smallest absolute Gasteiger partial charge is 0.196 e. The van der Waals surface area contributed by atoms with E-state index in [1.807, 2.05) is 6.07 Å². The maximum atomic E-state index is 14.8. The van der Waals surface area contributed by atoms with Gasteiger partial charge in [0.1, 0.15) is 11.0 Å². The lowest BCUT2D eigenvalue weighted by atomic mass is 9.87. The molecule has 0 aromatic heterocycles. The van der Waals surface area contributed by atoms with Crippen LogP contribution in [0.25, 0.3) is 0 Å². The Hall–Kier alpha value is -1.13. The van der Waals surface area contributed by atoms with E-state index in [-0.39, 0.29) is 5.16 Å². The number of fused-ring (bicyclic) bond motifs is 1. The molecule has 0 amide bonds. The van der Waals surface area contributed by atoms with Gasteiger partial charge in [0.15, 0.2) is 10.6 Å². The van der Waals surface area contributed by atoms with Gasteiger partial charge < -0.3 is 4.90 Å². The zero-order valence-electron chi connectivity index (χ0n) is 14.3. The summed E-state index contributed by atoms with van der Waals surface area (Å²) in [5.41, 5.74) is 2.71. The summed E-state index contributed by atoms with van der Waals surface area (Å²) in [7, 11) is 0. The number of aryl methyl sites for hydroxylation is 2. The molecule has 0 saturated heterocycles. The second-order valence-corrected chi connectivity index (χ2v) is 8.46. The molecule has 2 unspecified atom stereocenters. The van der Waals surface area contributed by atoms with Crippen LogP contribution in [0.2, 0.25) is 0 Å². The van der Waals surface area contributed by atoms with Crippen LogP contribution in [0.15, 0.2) is 53.8 Å². The molecule has 2 aromatic rings. The van der Waals surface area contributed by atoms with Gasteiger partial charge in [-0.15, -0.1) is 0 Å². The van der Waals surface area contributed by atoms with Crippen molar-refractivity contribution in [2.45, 2.75) is 36.3 Å². The highest BCUT2D eigenvalue weighted by atomic mass is 35.5. The zero-order valence-corrected chi connectivity index (χ0v) is 17.3. The van der Waals surface area contributed by atoms with Crippen LogP contribution >= 0.6 is 46.6 Å². The first-order valence-electron chi connectivity index (χ1n) is 8.74. The fraction of sp³-hybridized carbons (Fsp3) is 0.300. The molecule has 0 radical (unpaired) electrons. The van der Waals surface area contributed by atoms with E-state index < -0.39 is 16.4 Å². The standard InChI is InChI=1S/C20H17Cl4FN2/c21-18-12-26(19(22)27(18)24)20(23,16-7-3-4-8-17(16)25)15-10-9-13-5-1-2-6-14(13)11-15/h3-4,7-12,19H,1-2,5-6H2. The van der Waals surface area contributed by atoms with Gasteiger partial charge in [0.05, 0.1) is 0 Å². The number of halogens is 5. The van der Waals surface area contributed by atoms with Crippen LogP contribution in [-0.4, -0.2) is 14.9 Å². The molecule has 0 saturated carbocycles. The molecule has 1 aliphatic carbocycles. The minimum atomic E-state index is -1.39. The predicted octanol–water partition coefficient (Wildman–Crippen LogP) is 6.48. The molecule has 2 aromatic carbocycles. The maximum Gasteiger partial charge on any atom is 0.196 e. The molecule has 0 spiro atoms. The summed E-state index contributed by atoms with van der Waals surface area (Å²) in [6, 6.07) is 12.5. The van der Waals surface area contributed by atoms with Gasteiger partial charge >= 0.3 is 0 Å². The number of nitrogens with zero attached hydrogens (tertiary/aromatic N) is 2. The summed E-state index contributed by atoms with van der Waals surface area (Å²) in [5.74, 6) is -0.424. The van der Waals surface area contributed by atoms with E-state index in [2.05, 4.69) is 12.1 Å². The van der Waals surface area contributed by atoms with Crippen LogP contribution in [0.1, 0.15) is 35.1 Å². The van der Waals surface area contributed by atoms with E-state index in [4.69, 9.17) is 46.6 Å². The van der Waals surface area contributed by atoms with Crippen molar-refractivity contribution in [1.82, 2.24) is 9.32 Å². The number of alkyl halides is 2. The molecular formula is C20H17Cl4FN2. The van der Waals surface area contributed by atoms with Crippen molar-refractivity contribution >= 4 is 46.6 Å². The molecule has 7 heteroatoms. The van der Waals surface area contributed by atoms with Crippen LogP contribution < -0.4 is 0 Å². The Bertz CT molecular complexity index is 903. The maximum absolute atomic E-state index is 14.8. The molecule has 0 N–H and O–H groups in total. The van der Waals surface area contributed by atoms with Crippen LogP contribution in [-0.2, 0) is 17.8 Å². The molecular weight excluding hydrogens is 429 g/mol. The summed E-state index contributed by atoms with van der Waals surface area (Å²) < 4.78 is 16.0. The van der Waals surface area contributed by atoms with Gasteiger partial charge in [0, 0.05) is 23.5 Å². The Morgan fingerprint density at radius 2 is 1.74 bits per heavy atom. The Labute approximate surface area is 178 Å². The second kappa shape index (κ2) is 7.36. The summed E-state index contributed by atoms with van der Waals surface area (Å²) in [5, 5.41) is 0.219. The summed E-state index contributed by atoms with van der Waals surface area (Å²) >= 11 is 26.0. The van der Waals surface area contributed by atoms with Gasteiger partial charge in [-0.1, -0.05) is 71.2 Å². The van der Waals surface area contributed by atoms with Gasteiger partial charge in [-0.05, 0) is 48.4 Å². The Morgan fingerprint density at radius 3 is 2.41 bits per heavy atom. The van der Waals surface area contributed by atoms with E-state index in [0.29, 0.717) is 5.56 Å². The number of benzene rings is 2. The van der Waals surface area contributed by atoms with Crippen LogP contribution in [0, 0.1) is 5.82 Å². The van der Waals surface area contributed by atoms with Crippen molar-refractivity contribution in [1.29, 1.82) is 0 Å². The third kappa shape index (κ3) is 3.19. The fourth-order valence-electron chi connectivity index (χ4n) is 3.79. The first-order chi connectivity index (χ1) is 12.9. The average molecular weight is 446 g/mol. The largest absolute Gasteiger partial charge is 0.314 e. The molecule has 142 valence electrons. The molecule has 0 fully saturated rings. The van der Waals surface area contributed by atoms with E-state index in [1.165, 1.54) is 28.0 Å². The number of hydrogen-bond acceptors (Lipinski definition) is 2. The average Bonchev–Trinajstić information content (AvgIpc) is 2.95. The molecule has 1 heterocycles. The molecule has 2 atom stereocenters. The van der Waals surface area contributed by atoms with E-state index in [0.717, 1.165) is 24.8 Å². The molecule has 27 heavy (non-hydrogen) atoms. The van der Waals surface area contributed by atoms with Crippen molar-refractivity contribution in [3.8, 4) is 0 Å². The molecule has 4 rings (SSSR count). The van der Waals surface area contributed by atoms with Crippen LogP contribution in [0.5, 0.6) is 0 Å². The quantitative estimate of drug-likeness (QED) is 0.303. The lowest BCUT2D eigenvalue weighted by Gasteiger charge is -2.40. The van der Waals surface area contributed by atoms with Gasteiger partial charge in [-0.25, -0.2) is 8.81 Å². The lowest BCUT2D eigenvalue weighted by Crippen LogP contribution is -2.44. The third-order valence-electron chi connectivity index (χ3n) is 5.18. The topological polar surface area (TPSA) is 6.48 Å². The SMILES string of the molecule is Fc1ccccc1C(Cl)(c1ccc2c(c1)CCCC2)N1C=C(Cl)N(Cl)C1Cl. The van der Waals surface area contributed by atoms with E-state index >= 15 is 0 Å². The summed E-state index contributed by atoms with van der Waals surface area (Å²) in [6.45, 7) is 0. The fourth-order valence-corrected chi connectivity index (χ4v) is 4.95. The normalized spacial score (nSPS) is 21.7. The lowest BCUT2D eigenvalue weighted by molar-refractivity contribution is 0.218. The number of rotatable bonds is 3. The third-order valence-corrected chi connectivity index (χ3v) is 7.04. The molecule has 2 aliphatic rings. The van der Waals surface area contributed by atoms with Crippen LogP contribution in [0.4, 0.5) is 4.39 Å². The monoisotopic (exact) mass is 444 g/mol. The summed E-state index contributed by atoms with van der Waals surface area (Å²) in [6.07, 6.45) is 5.89. The highest BCUT2D eigenvalue weighted by Gasteiger charge is 2.47. The molecule has 0 bridgehead atoms. The van der Waals surface area contributed by atoms with Gasteiger partial charge in [-0.3, -0.25) is 0 Å². The Balaban J connectivity index is 1.91. The Morgan fingerprint density at radius 1 is 1.04 bits per heavy atom. The highest BCUT2D eigenvalue weighted by Crippen LogP contribution is 2.48. The van der Waals surface area contributed by atoms with Gasteiger partial charge in [0.25, 0.3) is 0 Å². The zero-order chi connectivity index (χ0) is 19.2. The van der Waals surface area contributed by atoms with Crippen molar-refractivity contribution in [2.75, 3.05) is 0 Å². The second-order valence-electron chi connectivity index (χ2n) is 6.77.